The van der Waals surface area contributed by atoms with E-state index in [-0.39, 0.29) is 16.0 Å². The van der Waals surface area contributed by atoms with Crippen molar-refractivity contribution in [3.63, 3.8) is 0 Å². The molecule has 1 aromatic carbocycles. The van der Waals surface area contributed by atoms with E-state index in [1.54, 1.807) is 32.2 Å². The fourth-order valence-corrected chi connectivity index (χ4v) is 5.44. The molecule has 10 heteroatoms. The van der Waals surface area contributed by atoms with Gasteiger partial charge in [0, 0.05) is 5.41 Å². The highest BCUT2D eigenvalue weighted by Crippen LogP contribution is 2.34. The maximum atomic E-state index is 12.8. The molecule has 0 aromatic heterocycles. The zero-order valence-corrected chi connectivity index (χ0v) is 17.6. The van der Waals surface area contributed by atoms with E-state index >= 15 is 0 Å². The van der Waals surface area contributed by atoms with Gasteiger partial charge in [-0.2, -0.15) is 0 Å². The topological polar surface area (TPSA) is 92.8 Å². The molecule has 7 nitrogen and oxygen atoms in total. The SMILES string of the molecule is COc1cccc(/C=C2/SC(=S)N([C@H](C)C(=O)N[C@H]3C=CS(=O)(=O)C3)C2=O)c1. The van der Waals surface area contributed by atoms with Crippen LogP contribution in [0.25, 0.3) is 6.08 Å². The summed E-state index contributed by atoms with van der Waals surface area (Å²) in [5, 5.41) is 3.71. The van der Waals surface area contributed by atoms with Gasteiger partial charge in [0.1, 0.15) is 16.1 Å². The predicted molar refractivity (Wildman–Crippen MR) is 112 cm³/mol. The number of carbonyl (C=O) groups is 2. The first-order chi connectivity index (χ1) is 13.2. The van der Waals surface area contributed by atoms with E-state index in [0.29, 0.717) is 10.7 Å². The molecular weight excluding hydrogens is 420 g/mol. The van der Waals surface area contributed by atoms with Gasteiger partial charge in [-0.15, -0.1) is 0 Å². The van der Waals surface area contributed by atoms with Crippen molar-refractivity contribution in [1.82, 2.24) is 10.2 Å². The minimum atomic E-state index is -3.28. The Morgan fingerprint density at radius 3 is 2.86 bits per heavy atom. The van der Waals surface area contributed by atoms with Crippen LogP contribution < -0.4 is 10.1 Å². The summed E-state index contributed by atoms with van der Waals surface area (Å²) in [7, 11) is -1.72. The second kappa shape index (κ2) is 8.06. The van der Waals surface area contributed by atoms with Crippen LogP contribution in [-0.4, -0.2) is 54.4 Å². The van der Waals surface area contributed by atoms with Gasteiger partial charge in [-0.3, -0.25) is 14.5 Å². The average Bonchev–Trinajstić information content (AvgIpc) is 3.12. The molecule has 0 aliphatic carbocycles. The number of thioether (sulfide) groups is 1. The quantitative estimate of drug-likeness (QED) is 0.553. The van der Waals surface area contributed by atoms with Crippen LogP contribution in [0.1, 0.15) is 12.5 Å². The molecule has 2 aliphatic rings. The van der Waals surface area contributed by atoms with E-state index in [1.807, 2.05) is 12.1 Å². The van der Waals surface area contributed by atoms with Crippen molar-refractivity contribution in [3.8, 4) is 5.75 Å². The number of benzene rings is 1. The molecule has 2 amide bonds. The van der Waals surface area contributed by atoms with E-state index < -0.39 is 27.8 Å². The Hall–Kier alpha value is -2.17. The molecule has 1 N–H and O–H groups in total. The second-order valence-corrected chi connectivity index (χ2v) is 9.88. The summed E-state index contributed by atoms with van der Waals surface area (Å²) in [4.78, 5) is 26.9. The van der Waals surface area contributed by atoms with E-state index in [9.17, 15) is 18.0 Å². The molecule has 28 heavy (non-hydrogen) atoms. The lowest BCUT2D eigenvalue weighted by atomic mass is 10.2. The largest absolute Gasteiger partial charge is 0.497 e. The van der Waals surface area contributed by atoms with Crippen molar-refractivity contribution in [2.45, 2.75) is 19.0 Å². The first kappa shape index (κ1) is 20.6. The van der Waals surface area contributed by atoms with Crippen LogP contribution in [0.2, 0.25) is 0 Å². The van der Waals surface area contributed by atoms with E-state index in [1.165, 1.54) is 11.0 Å². The van der Waals surface area contributed by atoms with Crippen LogP contribution in [0.5, 0.6) is 5.75 Å². The fourth-order valence-electron chi connectivity index (χ4n) is 2.78. The highest BCUT2D eigenvalue weighted by atomic mass is 32.2. The Labute approximate surface area is 172 Å². The minimum absolute atomic E-state index is 0.181. The smallest absolute Gasteiger partial charge is 0.266 e. The fraction of sp³-hybridized carbons (Fsp3) is 0.278. The second-order valence-electron chi connectivity index (χ2n) is 6.28. The zero-order valence-electron chi connectivity index (χ0n) is 15.1. The number of nitrogens with one attached hydrogen (secondary N) is 1. The lowest BCUT2D eigenvalue weighted by Gasteiger charge is -2.23. The average molecular weight is 439 g/mol. The van der Waals surface area contributed by atoms with Crippen molar-refractivity contribution in [3.05, 3.63) is 46.2 Å². The van der Waals surface area contributed by atoms with Crippen LogP contribution >= 0.6 is 24.0 Å². The summed E-state index contributed by atoms with van der Waals surface area (Å²) < 4.78 is 28.4. The van der Waals surface area contributed by atoms with Gasteiger partial charge in [0.15, 0.2) is 9.84 Å². The Morgan fingerprint density at radius 1 is 1.46 bits per heavy atom. The number of nitrogens with zero attached hydrogens (tertiary/aromatic N) is 1. The molecule has 2 aliphatic heterocycles. The molecule has 1 aromatic rings. The summed E-state index contributed by atoms with van der Waals surface area (Å²) >= 11 is 6.40. The number of carbonyl (C=O) groups excluding carboxylic acids is 2. The minimum Gasteiger partial charge on any atom is -0.497 e. The predicted octanol–water partition coefficient (Wildman–Crippen LogP) is 1.71. The van der Waals surface area contributed by atoms with Crippen LogP contribution in [0.15, 0.2) is 40.7 Å². The monoisotopic (exact) mass is 438 g/mol. The molecule has 0 unspecified atom stereocenters. The standard InChI is InChI=1S/C18H18N2O5S3/c1-11(16(21)19-13-6-7-28(23,24)10-13)20-17(22)15(27-18(20)26)9-12-4-3-5-14(8-12)25-2/h3-9,11,13H,10H2,1-2H3,(H,19,21)/b15-9+/t11-,13+/m1/s1. The number of ether oxygens (including phenoxy) is 1. The molecular formula is C18H18N2O5S3. The lowest BCUT2D eigenvalue weighted by Crippen LogP contribution is -2.49. The van der Waals surface area contributed by atoms with Crippen LogP contribution in [0.4, 0.5) is 0 Å². The Balaban J connectivity index is 1.73. The van der Waals surface area contributed by atoms with Gasteiger partial charge < -0.3 is 10.1 Å². The van der Waals surface area contributed by atoms with Gasteiger partial charge in [0.2, 0.25) is 5.91 Å². The molecule has 3 rings (SSSR count). The summed E-state index contributed by atoms with van der Waals surface area (Å²) in [6, 6.07) is 5.76. The molecule has 148 valence electrons. The zero-order chi connectivity index (χ0) is 20.5. The summed E-state index contributed by atoms with van der Waals surface area (Å²) in [5.41, 5.74) is 0.776. The lowest BCUT2D eigenvalue weighted by molar-refractivity contribution is -0.132. The number of hydrogen-bond donors (Lipinski definition) is 1. The van der Waals surface area contributed by atoms with Gasteiger partial charge in [-0.1, -0.05) is 36.1 Å². The van der Waals surface area contributed by atoms with Gasteiger partial charge in [-0.05, 0) is 36.8 Å². The normalized spacial score (nSPS) is 23.3. The number of amides is 2. The number of thiocarbonyl (C=S) groups is 1. The van der Waals surface area contributed by atoms with Crippen molar-refractivity contribution in [2.75, 3.05) is 12.9 Å². The molecule has 0 saturated carbocycles. The van der Waals surface area contributed by atoms with Crippen molar-refractivity contribution in [1.29, 1.82) is 0 Å². The van der Waals surface area contributed by atoms with Gasteiger partial charge in [0.05, 0.1) is 23.8 Å². The maximum absolute atomic E-state index is 12.8. The molecule has 1 fully saturated rings. The van der Waals surface area contributed by atoms with E-state index in [2.05, 4.69) is 5.32 Å². The van der Waals surface area contributed by atoms with Crippen LogP contribution in [0, 0.1) is 0 Å². The van der Waals surface area contributed by atoms with Crippen molar-refractivity contribution < 1.29 is 22.7 Å². The van der Waals surface area contributed by atoms with Crippen molar-refractivity contribution in [2.24, 2.45) is 0 Å². The van der Waals surface area contributed by atoms with Gasteiger partial charge in [0.25, 0.3) is 5.91 Å². The number of hydrogen-bond acceptors (Lipinski definition) is 7. The summed E-state index contributed by atoms with van der Waals surface area (Å²) in [6.07, 6.45) is 3.12. The number of methoxy groups -OCH3 is 1. The maximum Gasteiger partial charge on any atom is 0.266 e. The third-order valence-electron chi connectivity index (χ3n) is 4.24. The van der Waals surface area contributed by atoms with Crippen LogP contribution in [-0.2, 0) is 19.4 Å². The Morgan fingerprint density at radius 2 is 2.21 bits per heavy atom. The third-order valence-corrected chi connectivity index (χ3v) is 6.97. The van der Waals surface area contributed by atoms with Gasteiger partial charge >= 0.3 is 0 Å². The molecule has 0 spiro atoms. The number of sulfone groups is 1. The third kappa shape index (κ3) is 4.45. The number of rotatable bonds is 5. The summed E-state index contributed by atoms with van der Waals surface area (Å²) in [6.45, 7) is 1.56. The Kier molecular flexibility index (Phi) is 5.92. The molecule has 1 saturated heterocycles. The van der Waals surface area contributed by atoms with Gasteiger partial charge in [-0.25, -0.2) is 8.42 Å². The molecule has 0 radical (unpaired) electrons. The molecule has 2 heterocycles. The van der Waals surface area contributed by atoms with Crippen molar-refractivity contribution >= 4 is 56.0 Å². The highest BCUT2D eigenvalue weighted by molar-refractivity contribution is 8.26. The Bertz CT molecular complexity index is 1000. The molecule has 2 atom stereocenters. The van der Waals surface area contributed by atoms with E-state index in [4.69, 9.17) is 17.0 Å². The van der Waals surface area contributed by atoms with E-state index in [0.717, 1.165) is 22.7 Å². The first-order valence-corrected chi connectivity index (χ1v) is 11.3. The summed E-state index contributed by atoms with van der Waals surface area (Å²) in [5.74, 6) is -0.350. The van der Waals surface area contributed by atoms with Crippen LogP contribution in [0.3, 0.4) is 0 Å². The highest BCUT2D eigenvalue weighted by Gasteiger charge is 2.39. The molecule has 0 bridgehead atoms. The first-order valence-electron chi connectivity index (χ1n) is 8.32.